The van der Waals surface area contributed by atoms with Gasteiger partial charge in [-0.05, 0) is 63.3 Å². The number of carbonyl (C=O) groups excluding carboxylic acids is 1. The van der Waals surface area contributed by atoms with Crippen molar-refractivity contribution >= 4 is 29.1 Å². The number of aromatic nitrogens is 1. The van der Waals surface area contributed by atoms with Gasteiger partial charge in [-0.2, -0.15) is 0 Å². The van der Waals surface area contributed by atoms with E-state index in [1.165, 1.54) is 11.8 Å². The molecule has 1 amide bonds. The predicted molar refractivity (Wildman–Crippen MR) is 152 cm³/mol. The first kappa shape index (κ1) is 27.7. The molecule has 0 bridgehead atoms. The minimum atomic E-state index is -0.336. The molecule has 9 heteroatoms. The Hall–Kier alpha value is -3.30. The lowest BCUT2D eigenvalue weighted by Crippen LogP contribution is -2.43. The maximum absolute atomic E-state index is 13.1. The number of aliphatic imine (C=N–C) groups is 2. The topological polar surface area (TPSA) is 114 Å². The van der Waals surface area contributed by atoms with Crippen molar-refractivity contribution in [2.24, 2.45) is 21.6 Å². The number of dihydropyridines is 1. The molecule has 9 nitrogen and oxygen atoms in total. The van der Waals surface area contributed by atoms with Crippen LogP contribution in [0.5, 0.6) is 0 Å². The number of pyridine rings is 1. The van der Waals surface area contributed by atoms with Crippen molar-refractivity contribution in [1.29, 1.82) is 0 Å². The summed E-state index contributed by atoms with van der Waals surface area (Å²) in [5.74, 6) is 0.450. The van der Waals surface area contributed by atoms with Crippen LogP contribution in [-0.2, 0) is 14.3 Å². The number of anilines is 1. The van der Waals surface area contributed by atoms with Gasteiger partial charge < -0.3 is 20.5 Å². The van der Waals surface area contributed by atoms with E-state index in [4.69, 9.17) is 20.2 Å². The molecule has 1 fully saturated rings. The highest BCUT2D eigenvalue weighted by Crippen LogP contribution is 2.31. The van der Waals surface area contributed by atoms with Gasteiger partial charge in [-0.15, -0.1) is 0 Å². The second-order valence-electron chi connectivity index (χ2n) is 10.00. The molecular weight excluding hydrogens is 480 g/mol. The highest BCUT2D eigenvalue weighted by Gasteiger charge is 2.25. The maximum atomic E-state index is 13.1. The maximum Gasteiger partial charge on any atom is 0.258 e. The van der Waals surface area contributed by atoms with Gasteiger partial charge in [-0.25, -0.2) is 0 Å². The summed E-state index contributed by atoms with van der Waals surface area (Å²) in [7, 11) is 0. The van der Waals surface area contributed by atoms with Crippen molar-refractivity contribution in [2.75, 3.05) is 38.2 Å². The Kier molecular flexibility index (Phi) is 9.47. The van der Waals surface area contributed by atoms with E-state index in [1.807, 2.05) is 32.9 Å². The minimum absolute atomic E-state index is 0.0382. The van der Waals surface area contributed by atoms with Gasteiger partial charge in [0.05, 0.1) is 49.2 Å². The molecule has 1 aliphatic carbocycles. The average molecular weight is 521 g/mol. The Balaban J connectivity index is 1.38. The van der Waals surface area contributed by atoms with Gasteiger partial charge in [-0.1, -0.05) is 13.0 Å². The van der Waals surface area contributed by atoms with Crippen LogP contribution >= 0.6 is 0 Å². The molecule has 204 valence electrons. The van der Waals surface area contributed by atoms with Gasteiger partial charge in [0.15, 0.2) is 0 Å². The van der Waals surface area contributed by atoms with Crippen LogP contribution < -0.4 is 11.1 Å². The smallest absolute Gasteiger partial charge is 0.258 e. The fraction of sp³-hybridized carbons (Fsp3) is 0.517. The number of carbonyl (C=O) groups is 1. The summed E-state index contributed by atoms with van der Waals surface area (Å²) in [4.78, 5) is 29.5. The zero-order chi connectivity index (χ0) is 27.1. The predicted octanol–water partition coefficient (Wildman–Crippen LogP) is 3.87. The normalized spacial score (nSPS) is 25.0. The molecule has 38 heavy (non-hydrogen) atoms. The third-order valence-corrected chi connectivity index (χ3v) is 7.28. The number of hydrogen-bond acceptors (Lipinski definition) is 8. The molecule has 1 aromatic heterocycles. The summed E-state index contributed by atoms with van der Waals surface area (Å²) in [6.45, 7) is 12.0. The van der Waals surface area contributed by atoms with E-state index in [9.17, 15) is 4.79 Å². The monoisotopic (exact) mass is 520 g/mol. The molecule has 3 N–H and O–H groups in total. The van der Waals surface area contributed by atoms with Crippen LogP contribution in [0.4, 0.5) is 5.69 Å². The second kappa shape index (κ2) is 13.0. The molecule has 0 aromatic carbocycles. The summed E-state index contributed by atoms with van der Waals surface area (Å²) in [6.07, 6.45) is 11.8. The van der Waals surface area contributed by atoms with Crippen molar-refractivity contribution in [3.63, 3.8) is 0 Å². The van der Waals surface area contributed by atoms with Crippen LogP contribution in [0.25, 0.3) is 5.57 Å². The third kappa shape index (κ3) is 6.76. The van der Waals surface area contributed by atoms with Crippen molar-refractivity contribution in [3.8, 4) is 0 Å². The number of amides is 1. The fourth-order valence-corrected chi connectivity index (χ4v) is 5.19. The van der Waals surface area contributed by atoms with E-state index in [-0.39, 0.29) is 18.0 Å². The van der Waals surface area contributed by atoms with E-state index in [1.54, 1.807) is 19.3 Å². The molecule has 1 aromatic rings. The summed E-state index contributed by atoms with van der Waals surface area (Å²) >= 11 is 0. The number of hydrogen-bond donors (Lipinski definition) is 2. The fourth-order valence-electron chi connectivity index (χ4n) is 5.19. The van der Waals surface area contributed by atoms with Gasteiger partial charge in [0, 0.05) is 37.0 Å². The highest BCUT2D eigenvalue weighted by molar-refractivity contribution is 6.24. The largest absolute Gasteiger partial charge is 0.493 e. The summed E-state index contributed by atoms with van der Waals surface area (Å²) in [6, 6.07) is 2.54. The van der Waals surface area contributed by atoms with Crippen LogP contribution in [0, 0.1) is 12.8 Å². The summed E-state index contributed by atoms with van der Waals surface area (Å²) in [5.41, 5.74) is 10.6. The molecular formula is C29H40N6O3. The zero-order valence-electron chi connectivity index (χ0n) is 22.9. The van der Waals surface area contributed by atoms with E-state index in [0.29, 0.717) is 29.6 Å². The number of allylic oxidation sites excluding steroid dienone is 2. The number of aryl methyl sites for hydroxylation is 1. The van der Waals surface area contributed by atoms with Crippen molar-refractivity contribution in [2.45, 2.75) is 59.2 Å². The van der Waals surface area contributed by atoms with Crippen LogP contribution in [-0.4, -0.2) is 72.8 Å². The van der Waals surface area contributed by atoms with E-state index in [0.717, 1.165) is 62.6 Å². The number of morpholine rings is 1. The van der Waals surface area contributed by atoms with Crippen LogP contribution in [0.2, 0.25) is 0 Å². The zero-order valence-corrected chi connectivity index (χ0v) is 22.9. The molecule has 3 aliphatic rings. The van der Waals surface area contributed by atoms with Crippen LogP contribution in [0.3, 0.4) is 0 Å². The number of rotatable bonds is 8. The lowest BCUT2D eigenvalue weighted by molar-refractivity contribution is -0.112. The molecule has 1 saturated heterocycles. The SMILES string of the molecule is CCOC1=CC(C)C(N=C(C)C(=CN)C(=O)Nc2cnc(C3=CCC(N4CCOCC4)CC3)c(C)c2)N=C1. The van der Waals surface area contributed by atoms with E-state index >= 15 is 0 Å². The standard InChI is InChI=1S/C29H40N6O3/c1-5-38-25-15-20(3)28(32-18-25)33-21(4)26(16-30)29(36)34-23-14-19(2)27(31-17-23)22-6-8-24(9-7-22)35-10-12-37-13-11-35/h6,14-18,20,24,28H,5,7-13,30H2,1-4H3,(H,34,36). The Morgan fingerprint density at radius 1 is 1.37 bits per heavy atom. The first-order valence-corrected chi connectivity index (χ1v) is 13.5. The van der Waals surface area contributed by atoms with Crippen LogP contribution in [0.1, 0.15) is 51.3 Å². The molecule has 0 spiro atoms. The highest BCUT2D eigenvalue weighted by atomic mass is 16.5. The van der Waals surface area contributed by atoms with Crippen molar-refractivity contribution in [1.82, 2.24) is 9.88 Å². The van der Waals surface area contributed by atoms with Crippen LogP contribution in [0.15, 0.2) is 51.9 Å². The third-order valence-electron chi connectivity index (χ3n) is 7.28. The van der Waals surface area contributed by atoms with Gasteiger partial charge >= 0.3 is 0 Å². The minimum Gasteiger partial charge on any atom is -0.493 e. The number of nitrogens with one attached hydrogen (secondary N) is 1. The lowest BCUT2D eigenvalue weighted by atomic mass is 9.90. The molecule has 2 aliphatic heterocycles. The van der Waals surface area contributed by atoms with Gasteiger partial charge in [0.1, 0.15) is 11.9 Å². The first-order chi connectivity index (χ1) is 18.4. The Morgan fingerprint density at radius 3 is 2.79 bits per heavy atom. The lowest BCUT2D eigenvalue weighted by Gasteiger charge is -2.36. The van der Waals surface area contributed by atoms with Gasteiger partial charge in [-0.3, -0.25) is 24.7 Å². The number of nitrogens with zero attached hydrogens (tertiary/aromatic N) is 4. The molecule has 0 radical (unpaired) electrons. The Bertz CT molecular complexity index is 1160. The average Bonchev–Trinajstić information content (AvgIpc) is 2.91. The van der Waals surface area contributed by atoms with Crippen molar-refractivity contribution < 1.29 is 14.3 Å². The number of ether oxygens (including phenoxy) is 2. The van der Waals surface area contributed by atoms with E-state index in [2.05, 4.69) is 26.3 Å². The summed E-state index contributed by atoms with van der Waals surface area (Å²) < 4.78 is 11.0. The number of nitrogens with two attached hydrogens (primary N) is 1. The molecule has 0 saturated carbocycles. The quantitative estimate of drug-likeness (QED) is 0.397. The van der Waals surface area contributed by atoms with E-state index < -0.39 is 0 Å². The van der Waals surface area contributed by atoms with Gasteiger partial charge in [0.2, 0.25) is 0 Å². The van der Waals surface area contributed by atoms with Gasteiger partial charge in [0.25, 0.3) is 5.91 Å². The second-order valence-corrected chi connectivity index (χ2v) is 10.00. The summed E-state index contributed by atoms with van der Waals surface area (Å²) in [5, 5.41) is 2.93. The first-order valence-electron chi connectivity index (χ1n) is 13.5. The molecule has 4 rings (SSSR count). The molecule has 3 atom stereocenters. The molecule has 3 heterocycles. The molecule has 3 unspecified atom stereocenters. The Labute approximate surface area is 225 Å². The Morgan fingerprint density at radius 2 is 2.16 bits per heavy atom. The van der Waals surface area contributed by atoms with Crippen molar-refractivity contribution in [3.05, 3.63) is 53.2 Å².